The summed E-state index contributed by atoms with van der Waals surface area (Å²) < 4.78 is 0. The van der Waals surface area contributed by atoms with Gasteiger partial charge < -0.3 is 4.84 Å². The fourth-order valence-electron chi connectivity index (χ4n) is 3.56. The zero-order valence-electron chi connectivity index (χ0n) is 18.0. The third kappa shape index (κ3) is 3.53. The lowest BCUT2D eigenvalue weighted by molar-refractivity contribution is 0.127. The van der Waals surface area contributed by atoms with E-state index in [-0.39, 0.29) is 0 Å². The van der Waals surface area contributed by atoms with Gasteiger partial charge in [0.2, 0.25) is 0 Å². The van der Waals surface area contributed by atoms with Gasteiger partial charge in [-0.15, -0.1) is 0 Å². The topological polar surface area (TPSA) is 34.5 Å². The molecule has 0 spiro atoms. The molecule has 2 rings (SSSR count). The molecule has 0 saturated heterocycles. The first-order valence-corrected chi connectivity index (χ1v) is 9.25. The molecule has 0 aliphatic heterocycles. The molecule has 1 aromatic heterocycles. The molecule has 3 heteroatoms. The number of nitrogens with zero attached hydrogens (tertiary/aromatic N) is 2. The van der Waals surface area contributed by atoms with Crippen molar-refractivity contribution in [3.05, 3.63) is 61.5 Å². The van der Waals surface area contributed by atoms with Crippen molar-refractivity contribution in [2.24, 2.45) is 5.16 Å². The summed E-state index contributed by atoms with van der Waals surface area (Å²) in [5, 5.41) is 4.42. The van der Waals surface area contributed by atoms with E-state index in [0.717, 1.165) is 17.1 Å². The molecule has 0 radical (unpaired) electrons. The quantitative estimate of drug-likeness (QED) is 0.515. The van der Waals surface area contributed by atoms with E-state index in [1.54, 1.807) is 0 Å². The minimum absolute atomic E-state index is 0.396. The van der Waals surface area contributed by atoms with Crippen molar-refractivity contribution >= 4 is 5.71 Å². The summed E-state index contributed by atoms with van der Waals surface area (Å²) in [6.45, 7) is 21.7. The van der Waals surface area contributed by atoms with Gasteiger partial charge in [0.1, 0.15) is 0 Å². The Hall–Kier alpha value is -2.16. The Balaban J connectivity index is 2.31. The highest BCUT2D eigenvalue weighted by atomic mass is 16.6. The van der Waals surface area contributed by atoms with Crippen LogP contribution in [0.5, 0.6) is 0 Å². The summed E-state index contributed by atoms with van der Waals surface area (Å²) in [7, 11) is 0. The molecule has 0 saturated carbocycles. The molecule has 0 bridgehead atoms. The van der Waals surface area contributed by atoms with Gasteiger partial charge in [-0.25, -0.2) is 0 Å². The number of pyridine rings is 1. The summed E-state index contributed by atoms with van der Waals surface area (Å²) in [5.41, 5.74) is 14.5. The lowest BCUT2D eigenvalue weighted by atomic mass is 9.88. The van der Waals surface area contributed by atoms with E-state index in [0.29, 0.717) is 6.61 Å². The zero-order valence-corrected chi connectivity index (χ0v) is 18.0. The first kappa shape index (κ1) is 20.2. The molecule has 0 N–H and O–H groups in total. The highest BCUT2D eigenvalue weighted by molar-refractivity contribution is 6.01. The van der Waals surface area contributed by atoms with E-state index < -0.39 is 0 Å². The molecule has 26 heavy (non-hydrogen) atoms. The standard InChI is InChI=1S/C23H32N2O/c1-12-13(2)18(7)23(19(8)14(12)3)21(10)25-26-11-22-17(6)15(4)16(5)20(9)24-22/h11H2,1-10H3/b25-21+. The van der Waals surface area contributed by atoms with Crippen LogP contribution in [0.4, 0.5) is 0 Å². The average molecular weight is 353 g/mol. The van der Waals surface area contributed by atoms with Gasteiger partial charge in [0.15, 0.2) is 6.61 Å². The van der Waals surface area contributed by atoms with Gasteiger partial charge in [0.05, 0.1) is 11.4 Å². The Morgan fingerprint density at radius 2 is 1.15 bits per heavy atom. The fourth-order valence-corrected chi connectivity index (χ4v) is 3.56. The van der Waals surface area contributed by atoms with Crippen LogP contribution in [0.3, 0.4) is 0 Å². The highest BCUT2D eigenvalue weighted by Crippen LogP contribution is 2.27. The number of oxime groups is 1. The first-order chi connectivity index (χ1) is 12.1. The number of aryl methyl sites for hydroxylation is 1. The molecule has 2 aromatic rings. The summed E-state index contributed by atoms with van der Waals surface area (Å²) in [6, 6.07) is 0. The lowest BCUT2D eigenvalue weighted by Crippen LogP contribution is -2.09. The van der Waals surface area contributed by atoms with E-state index in [4.69, 9.17) is 4.84 Å². The van der Waals surface area contributed by atoms with Crippen molar-refractivity contribution in [2.45, 2.75) is 75.8 Å². The molecular weight excluding hydrogens is 320 g/mol. The van der Waals surface area contributed by atoms with Crippen LogP contribution in [-0.4, -0.2) is 10.7 Å². The molecule has 140 valence electrons. The van der Waals surface area contributed by atoms with Crippen molar-refractivity contribution in [1.29, 1.82) is 0 Å². The molecule has 0 fully saturated rings. The maximum Gasteiger partial charge on any atom is 0.159 e. The number of rotatable bonds is 4. The minimum Gasteiger partial charge on any atom is -0.389 e. The Morgan fingerprint density at radius 1 is 0.692 bits per heavy atom. The number of hydrogen-bond acceptors (Lipinski definition) is 3. The molecule has 1 heterocycles. The molecule has 0 aliphatic carbocycles. The van der Waals surface area contributed by atoms with E-state index in [1.165, 1.54) is 50.1 Å². The van der Waals surface area contributed by atoms with Crippen LogP contribution in [0.1, 0.15) is 68.4 Å². The van der Waals surface area contributed by atoms with Crippen molar-refractivity contribution in [3.63, 3.8) is 0 Å². The molecule has 1 aromatic carbocycles. The Morgan fingerprint density at radius 3 is 1.69 bits per heavy atom. The molecular formula is C23H32N2O. The summed E-state index contributed by atoms with van der Waals surface area (Å²) in [4.78, 5) is 10.4. The SMILES string of the molecule is C/C(=N\OCc1nc(C)c(C)c(C)c1C)c1c(C)c(C)c(C)c(C)c1C. The second-order valence-corrected chi connectivity index (χ2v) is 7.47. The van der Waals surface area contributed by atoms with E-state index in [2.05, 4.69) is 65.5 Å². The maximum absolute atomic E-state index is 5.71. The van der Waals surface area contributed by atoms with Crippen LogP contribution in [0.15, 0.2) is 5.16 Å². The first-order valence-electron chi connectivity index (χ1n) is 9.25. The summed E-state index contributed by atoms with van der Waals surface area (Å²) in [6.07, 6.45) is 0. The third-order valence-corrected chi connectivity index (χ3v) is 6.17. The van der Waals surface area contributed by atoms with Gasteiger partial charge in [-0.3, -0.25) is 4.98 Å². The van der Waals surface area contributed by atoms with Crippen molar-refractivity contribution in [3.8, 4) is 0 Å². The van der Waals surface area contributed by atoms with E-state index >= 15 is 0 Å². The Labute approximate surface area is 158 Å². The van der Waals surface area contributed by atoms with Gasteiger partial charge in [-0.2, -0.15) is 0 Å². The highest BCUT2D eigenvalue weighted by Gasteiger charge is 2.15. The molecule has 0 amide bonds. The van der Waals surface area contributed by atoms with Crippen LogP contribution < -0.4 is 0 Å². The van der Waals surface area contributed by atoms with Gasteiger partial charge in [-0.1, -0.05) is 5.16 Å². The maximum atomic E-state index is 5.71. The molecule has 0 unspecified atom stereocenters. The van der Waals surface area contributed by atoms with Crippen molar-refractivity contribution in [1.82, 2.24) is 4.98 Å². The number of hydrogen-bond donors (Lipinski definition) is 0. The summed E-state index contributed by atoms with van der Waals surface area (Å²) >= 11 is 0. The van der Waals surface area contributed by atoms with Gasteiger partial charge >= 0.3 is 0 Å². The predicted molar refractivity (Wildman–Crippen MR) is 110 cm³/mol. The smallest absolute Gasteiger partial charge is 0.159 e. The van der Waals surface area contributed by atoms with Crippen LogP contribution in [0.25, 0.3) is 0 Å². The van der Waals surface area contributed by atoms with Crippen LogP contribution in [0.2, 0.25) is 0 Å². The molecule has 0 aliphatic rings. The monoisotopic (exact) mass is 352 g/mol. The minimum atomic E-state index is 0.396. The normalized spacial score (nSPS) is 11.8. The number of benzene rings is 1. The molecule has 0 atom stereocenters. The van der Waals surface area contributed by atoms with Gasteiger partial charge in [-0.05, 0) is 114 Å². The second-order valence-electron chi connectivity index (χ2n) is 7.47. The Bertz CT molecular complexity index is 863. The molecule has 3 nitrogen and oxygen atoms in total. The van der Waals surface area contributed by atoms with Gasteiger partial charge in [0.25, 0.3) is 0 Å². The second kappa shape index (κ2) is 7.61. The van der Waals surface area contributed by atoms with E-state index in [9.17, 15) is 0 Å². The Kier molecular flexibility index (Phi) is 5.90. The van der Waals surface area contributed by atoms with E-state index in [1.807, 2.05) is 13.8 Å². The lowest BCUT2D eigenvalue weighted by Gasteiger charge is -2.18. The largest absolute Gasteiger partial charge is 0.389 e. The van der Waals surface area contributed by atoms with Crippen LogP contribution in [0, 0.1) is 62.3 Å². The van der Waals surface area contributed by atoms with Crippen LogP contribution in [-0.2, 0) is 11.4 Å². The average Bonchev–Trinajstić information content (AvgIpc) is 2.60. The van der Waals surface area contributed by atoms with Crippen LogP contribution >= 0.6 is 0 Å². The zero-order chi connectivity index (χ0) is 19.8. The number of aromatic nitrogens is 1. The summed E-state index contributed by atoms with van der Waals surface area (Å²) in [5.74, 6) is 0. The van der Waals surface area contributed by atoms with Gasteiger partial charge in [0, 0.05) is 11.3 Å². The predicted octanol–water partition coefficient (Wildman–Crippen LogP) is 5.80. The van der Waals surface area contributed by atoms with Crippen molar-refractivity contribution in [2.75, 3.05) is 0 Å². The fraction of sp³-hybridized carbons (Fsp3) is 0.478. The third-order valence-electron chi connectivity index (χ3n) is 6.17. The van der Waals surface area contributed by atoms with Crippen molar-refractivity contribution < 1.29 is 4.84 Å².